The third-order valence-electron chi connectivity index (χ3n) is 3.26. The summed E-state index contributed by atoms with van der Waals surface area (Å²) in [5, 5.41) is 15.5. The van der Waals surface area contributed by atoms with Crippen LogP contribution < -0.4 is 0 Å². The predicted octanol–water partition coefficient (Wildman–Crippen LogP) is 1.40. The van der Waals surface area contributed by atoms with Gasteiger partial charge in [0.15, 0.2) is 0 Å². The molecule has 1 fully saturated rings. The number of H-pyrrole nitrogens is 1. The van der Waals surface area contributed by atoms with Gasteiger partial charge in [0, 0.05) is 18.0 Å². The van der Waals surface area contributed by atoms with E-state index in [0.29, 0.717) is 5.92 Å². The minimum Gasteiger partial charge on any atom is -0.481 e. The molecule has 1 saturated carbocycles. The summed E-state index contributed by atoms with van der Waals surface area (Å²) in [6.45, 7) is 5.73. The fourth-order valence-electron chi connectivity index (χ4n) is 1.98. The Balaban J connectivity index is 2.13. The summed E-state index contributed by atoms with van der Waals surface area (Å²) in [7, 11) is 0. The topological polar surface area (TPSA) is 99.2 Å². The number of hydrogen-bond acceptors (Lipinski definition) is 4. The Labute approximate surface area is 117 Å². The molecule has 0 aliphatic heterocycles. The van der Waals surface area contributed by atoms with Gasteiger partial charge in [0.1, 0.15) is 5.82 Å². The number of carbonyl (C=O) groups excluding carboxylic acids is 1. The van der Waals surface area contributed by atoms with Crippen LogP contribution >= 0.6 is 0 Å². The number of carbonyl (C=O) groups is 2. The monoisotopic (exact) mass is 280 g/mol. The molecule has 0 saturated heterocycles. The average molecular weight is 280 g/mol. The molecule has 7 heteroatoms. The first kappa shape index (κ1) is 14.5. The number of nitrogens with zero attached hydrogens (tertiary/aromatic N) is 3. The molecular weight excluding hydrogens is 260 g/mol. The second kappa shape index (κ2) is 5.22. The number of aliphatic carboxylic acids is 1. The predicted molar refractivity (Wildman–Crippen MR) is 71.4 cm³/mol. The zero-order valence-corrected chi connectivity index (χ0v) is 12.0. The van der Waals surface area contributed by atoms with Crippen LogP contribution in [0.3, 0.4) is 0 Å². The summed E-state index contributed by atoms with van der Waals surface area (Å²) in [4.78, 5) is 28.9. The highest BCUT2D eigenvalue weighted by atomic mass is 16.4. The summed E-state index contributed by atoms with van der Waals surface area (Å²) in [6, 6.07) is 0. The molecule has 0 atom stereocenters. The van der Waals surface area contributed by atoms with Crippen molar-refractivity contribution >= 4 is 11.9 Å². The van der Waals surface area contributed by atoms with Crippen LogP contribution in [0.5, 0.6) is 0 Å². The Bertz CT molecular complexity index is 514. The van der Waals surface area contributed by atoms with Crippen molar-refractivity contribution in [2.24, 2.45) is 0 Å². The van der Waals surface area contributed by atoms with E-state index >= 15 is 0 Å². The Morgan fingerprint density at radius 1 is 1.40 bits per heavy atom. The van der Waals surface area contributed by atoms with Crippen LogP contribution in [0.15, 0.2) is 0 Å². The van der Waals surface area contributed by atoms with Crippen LogP contribution in [-0.4, -0.2) is 49.1 Å². The van der Waals surface area contributed by atoms with Crippen molar-refractivity contribution in [3.05, 3.63) is 11.6 Å². The molecule has 0 unspecified atom stereocenters. The molecule has 110 valence electrons. The Hall–Kier alpha value is -1.92. The smallest absolute Gasteiger partial charge is 0.305 e. The summed E-state index contributed by atoms with van der Waals surface area (Å²) >= 11 is 0. The van der Waals surface area contributed by atoms with Crippen molar-refractivity contribution in [1.29, 1.82) is 0 Å². The van der Waals surface area contributed by atoms with Gasteiger partial charge in [-0.1, -0.05) is 0 Å². The zero-order chi connectivity index (χ0) is 14.9. The lowest BCUT2D eigenvalue weighted by atomic mass is 10.1. The summed E-state index contributed by atoms with van der Waals surface area (Å²) in [5.41, 5.74) is -0.479. The van der Waals surface area contributed by atoms with E-state index < -0.39 is 11.5 Å². The summed E-state index contributed by atoms with van der Waals surface area (Å²) < 4.78 is 0. The van der Waals surface area contributed by atoms with E-state index in [1.807, 2.05) is 20.8 Å². The number of nitrogens with one attached hydrogen (secondary N) is 1. The van der Waals surface area contributed by atoms with E-state index in [1.165, 1.54) is 4.90 Å². The molecule has 1 aromatic heterocycles. The third kappa shape index (κ3) is 3.34. The molecule has 1 aromatic rings. The number of rotatable bonds is 5. The molecule has 1 amide bonds. The lowest BCUT2D eigenvalue weighted by molar-refractivity contribution is -0.137. The van der Waals surface area contributed by atoms with Crippen molar-refractivity contribution in [2.75, 3.05) is 6.54 Å². The fraction of sp³-hybridized carbons (Fsp3) is 0.692. The van der Waals surface area contributed by atoms with Crippen LogP contribution in [0.2, 0.25) is 0 Å². The number of hydrogen-bond donors (Lipinski definition) is 2. The van der Waals surface area contributed by atoms with E-state index in [-0.39, 0.29) is 24.7 Å². The summed E-state index contributed by atoms with van der Waals surface area (Å²) in [6.07, 6.45) is 2.05. The van der Waals surface area contributed by atoms with Crippen molar-refractivity contribution in [3.8, 4) is 0 Å². The normalized spacial score (nSPS) is 15.2. The molecule has 1 heterocycles. The minimum atomic E-state index is -0.930. The van der Waals surface area contributed by atoms with Crippen LogP contribution in [-0.2, 0) is 4.79 Å². The third-order valence-corrected chi connectivity index (χ3v) is 3.26. The number of carboxylic acids is 1. The Morgan fingerprint density at radius 2 is 2.05 bits per heavy atom. The van der Waals surface area contributed by atoms with Gasteiger partial charge in [0.25, 0.3) is 5.91 Å². The minimum absolute atomic E-state index is 0.0943. The van der Waals surface area contributed by atoms with Gasteiger partial charge < -0.3 is 10.0 Å². The van der Waals surface area contributed by atoms with Crippen molar-refractivity contribution in [1.82, 2.24) is 20.1 Å². The number of carboxylic acid groups (broad SMARTS) is 1. The van der Waals surface area contributed by atoms with Gasteiger partial charge in [-0.05, 0) is 33.6 Å². The van der Waals surface area contributed by atoms with E-state index in [9.17, 15) is 9.59 Å². The van der Waals surface area contributed by atoms with Crippen molar-refractivity contribution in [2.45, 2.75) is 51.5 Å². The van der Waals surface area contributed by atoms with Crippen LogP contribution in [0.4, 0.5) is 0 Å². The maximum Gasteiger partial charge on any atom is 0.305 e. The molecule has 1 aliphatic carbocycles. The molecule has 1 aliphatic rings. The fourth-order valence-corrected chi connectivity index (χ4v) is 1.98. The van der Waals surface area contributed by atoms with Gasteiger partial charge in [-0.3, -0.25) is 14.7 Å². The summed E-state index contributed by atoms with van der Waals surface area (Å²) in [5.74, 6) is 0.00132. The first-order chi connectivity index (χ1) is 9.29. The number of aromatic nitrogens is 3. The molecule has 7 nitrogen and oxygen atoms in total. The lowest BCUT2D eigenvalue weighted by Crippen LogP contribution is -2.47. The van der Waals surface area contributed by atoms with Gasteiger partial charge in [0.2, 0.25) is 5.82 Å². The largest absolute Gasteiger partial charge is 0.481 e. The standard InChI is InChI=1S/C13H20N4O3/c1-13(2,3)17(7-6-9(18)19)12(20)11-14-10(15-16-11)8-4-5-8/h8H,4-7H2,1-3H3,(H,18,19)(H,14,15,16). The van der Waals surface area contributed by atoms with Crippen LogP contribution in [0, 0.1) is 0 Å². The van der Waals surface area contributed by atoms with E-state index in [0.717, 1.165) is 18.7 Å². The molecular formula is C13H20N4O3. The second-order valence-electron chi connectivity index (χ2n) is 6.09. The van der Waals surface area contributed by atoms with Crippen molar-refractivity contribution < 1.29 is 14.7 Å². The Morgan fingerprint density at radius 3 is 2.55 bits per heavy atom. The molecule has 2 rings (SSSR count). The molecule has 0 bridgehead atoms. The van der Waals surface area contributed by atoms with Crippen LogP contribution in [0.1, 0.15) is 62.4 Å². The molecule has 20 heavy (non-hydrogen) atoms. The first-order valence-electron chi connectivity index (χ1n) is 6.75. The van der Waals surface area contributed by atoms with Crippen molar-refractivity contribution in [3.63, 3.8) is 0 Å². The zero-order valence-electron chi connectivity index (χ0n) is 12.0. The molecule has 0 radical (unpaired) electrons. The highest BCUT2D eigenvalue weighted by molar-refractivity contribution is 5.91. The SMILES string of the molecule is CC(C)(C)N(CCC(=O)O)C(=O)c1n[nH]c(C2CC2)n1. The maximum absolute atomic E-state index is 12.4. The van der Waals surface area contributed by atoms with Gasteiger partial charge >= 0.3 is 5.97 Å². The van der Waals surface area contributed by atoms with E-state index in [4.69, 9.17) is 5.11 Å². The van der Waals surface area contributed by atoms with Gasteiger partial charge in [-0.25, -0.2) is 4.98 Å². The molecule has 2 N–H and O–H groups in total. The molecule has 0 spiro atoms. The number of amides is 1. The molecule has 0 aromatic carbocycles. The van der Waals surface area contributed by atoms with E-state index in [2.05, 4.69) is 15.2 Å². The highest BCUT2D eigenvalue weighted by Gasteiger charge is 2.32. The van der Waals surface area contributed by atoms with Crippen LogP contribution in [0.25, 0.3) is 0 Å². The number of aromatic amines is 1. The van der Waals surface area contributed by atoms with Gasteiger partial charge in [-0.2, -0.15) is 0 Å². The second-order valence-corrected chi connectivity index (χ2v) is 6.09. The quantitative estimate of drug-likeness (QED) is 0.849. The highest BCUT2D eigenvalue weighted by Crippen LogP contribution is 2.37. The first-order valence-corrected chi connectivity index (χ1v) is 6.75. The van der Waals surface area contributed by atoms with Gasteiger partial charge in [-0.15, -0.1) is 5.10 Å². The average Bonchev–Trinajstić information content (AvgIpc) is 3.05. The van der Waals surface area contributed by atoms with Gasteiger partial charge in [0.05, 0.1) is 6.42 Å². The Kier molecular flexibility index (Phi) is 3.78. The lowest BCUT2D eigenvalue weighted by Gasteiger charge is -2.34. The van der Waals surface area contributed by atoms with E-state index in [1.54, 1.807) is 0 Å². The maximum atomic E-state index is 12.4.